The first-order valence-electron chi connectivity index (χ1n) is 12.2. The molecule has 10 heteroatoms. The number of fused-ring (bicyclic) bond motifs is 1. The van der Waals surface area contributed by atoms with Crippen LogP contribution in [0.4, 0.5) is 5.82 Å². The van der Waals surface area contributed by atoms with E-state index in [4.69, 9.17) is 11.6 Å². The van der Waals surface area contributed by atoms with Gasteiger partial charge in [-0.05, 0) is 41.8 Å². The summed E-state index contributed by atoms with van der Waals surface area (Å²) in [6.45, 7) is 1.79. The van der Waals surface area contributed by atoms with Crippen molar-refractivity contribution in [2.24, 2.45) is 0 Å². The average molecular weight is 536 g/mol. The Morgan fingerprint density at radius 1 is 0.949 bits per heavy atom. The smallest absolute Gasteiger partial charge is 0.263 e. The van der Waals surface area contributed by atoms with Gasteiger partial charge in [0.05, 0.1) is 24.0 Å². The van der Waals surface area contributed by atoms with Crippen molar-refractivity contribution in [1.82, 2.24) is 29.5 Å². The Morgan fingerprint density at radius 3 is 2.49 bits per heavy atom. The fourth-order valence-corrected chi connectivity index (χ4v) is 4.56. The molecule has 0 radical (unpaired) electrons. The molecule has 39 heavy (non-hydrogen) atoms. The van der Waals surface area contributed by atoms with E-state index in [2.05, 4.69) is 25.5 Å². The van der Waals surface area contributed by atoms with Crippen LogP contribution in [0.5, 0.6) is 0 Å². The molecule has 6 rings (SSSR count). The molecule has 9 nitrogen and oxygen atoms in total. The second-order valence-electron chi connectivity index (χ2n) is 9.03. The van der Waals surface area contributed by atoms with E-state index in [-0.39, 0.29) is 23.8 Å². The number of hydrogen-bond acceptors (Lipinski definition) is 5. The van der Waals surface area contributed by atoms with Crippen molar-refractivity contribution in [2.45, 2.75) is 13.3 Å². The van der Waals surface area contributed by atoms with E-state index in [1.165, 1.54) is 15.6 Å². The Bertz CT molecular complexity index is 1870. The number of aromatic amines is 1. The number of nitrogens with zero attached hydrogens (tertiary/aromatic N) is 5. The number of halogens is 1. The molecule has 0 fully saturated rings. The molecule has 3 heterocycles. The summed E-state index contributed by atoms with van der Waals surface area (Å²) in [4.78, 5) is 33.2. The second-order valence-corrected chi connectivity index (χ2v) is 9.47. The van der Waals surface area contributed by atoms with Gasteiger partial charge in [0.2, 0.25) is 11.9 Å². The van der Waals surface area contributed by atoms with Gasteiger partial charge in [-0.2, -0.15) is 19.9 Å². The summed E-state index contributed by atoms with van der Waals surface area (Å²) in [6, 6.07) is 26.7. The van der Waals surface area contributed by atoms with E-state index in [0.29, 0.717) is 33.3 Å². The monoisotopic (exact) mass is 535 g/mol. The Morgan fingerprint density at radius 2 is 1.72 bits per heavy atom. The molecule has 1 amide bonds. The van der Waals surface area contributed by atoms with Crippen LogP contribution in [0.25, 0.3) is 33.8 Å². The maximum absolute atomic E-state index is 13.0. The van der Waals surface area contributed by atoms with Crippen LogP contribution in [0, 0.1) is 6.92 Å². The molecule has 0 aliphatic heterocycles. The number of carbonyl (C=O) groups is 1. The number of aromatic nitrogens is 6. The third kappa shape index (κ3) is 4.95. The number of hydrogen-bond donors (Lipinski definition) is 2. The Balaban J connectivity index is 1.27. The topological polar surface area (TPSA) is 110 Å². The molecular formula is C29H22ClN7O2. The molecular weight excluding hydrogens is 514 g/mol. The Kier molecular flexibility index (Phi) is 6.26. The highest BCUT2D eigenvalue weighted by Crippen LogP contribution is 2.21. The van der Waals surface area contributed by atoms with Crippen LogP contribution in [0.3, 0.4) is 0 Å². The zero-order valence-corrected chi connectivity index (χ0v) is 21.6. The minimum Gasteiger partial charge on any atom is -0.310 e. The highest BCUT2D eigenvalue weighted by Gasteiger charge is 2.17. The van der Waals surface area contributed by atoms with Gasteiger partial charge >= 0.3 is 0 Å². The quantitative estimate of drug-likeness (QED) is 0.308. The lowest BCUT2D eigenvalue weighted by Gasteiger charge is -2.09. The van der Waals surface area contributed by atoms with E-state index in [0.717, 1.165) is 16.7 Å². The normalized spacial score (nSPS) is 11.1. The summed E-state index contributed by atoms with van der Waals surface area (Å²) in [6.07, 6.45) is 1.62. The van der Waals surface area contributed by atoms with E-state index in [9.17, 15) is 9.59 Å². The number of rotatable bonds is 6. The lowest BCUT2D eigenvalue weighted by Crippen LogP contribution is -2.20. The Labute approximate surface area is 227 Å². The van der Waals surface area contributed by atoms with E-state index >= 15 is 0 Å². The molecule has 0 saturated heterocycles. The molecule has 0 bridgehead atoms. The van der Waals surface area contributed by atoms with Crippen molar-refractivity contribution >= 4 is 34.4 Å². The van der Waals surface area contributed by atoms with Gasteiger partial charge in [0, 0.05) is 11.1 Å². The van der Waals surface area contributed by atoms with Crippen LogP contribution in [0.1, 0.15) is 11.3 Å². The van der Waals surface area contributed by atoms with Gasteiger partial charge in [0.1, 0.15) is 11.2 Å². The average Bonchev–Trinajstić information content (AvgIpc) is 3.53. The summed E-state index contributed by atoms with van der Waals surface area (Å²) >= 11 is 6.15. The van der Waals surface area contributed by atoms with E-state index in [1.54, 1.807) is 31.2 Å². The van der Waals surface area contributed by atoms with Gasteiger partial charge in [-0.25, -0.2) is 4.68 Å². The summed E-state index contributed by atoms with van der Waals surface area (Å²) in [5, 5.41) is 12.5. The summed E-state index contributed by atoms with van der Waals surface area (Å²) < 4.78 is 2.94. The number of nitrogens with one attached hydrogen (secondary N) is 2. The van der Waals surface area contributed by atoms with Crippen molar-refractivity contribution in [3.63, 3.8) is 0 Å². The minimum atomic E-state index is -0.382. The summed E-state index contributed by atoms with van der Waals surface area (Å²) in [7, 11) is 0. The standard InChI is InChI=1S/C29H22ClN7O2/c1-18-14-25(32-26(38)15-19-10-12-21(13-11-19)20-6-3-2-4-7-20)37(35-18)29-33-27-24(28(39)34-29)17-31-36(27)23-9-5-8-22(30)16-23/h2-14,16-17H,15H2,1H3,(H,32,38)(H,33,34,39). The predicted molar refractivity (Wildman–Crippen MR) is 151 cm³/mol. The molecule has 3 aromatic heterocycles. The van der Waals surface area contributed by atoms with Gasteiger partial charge in [-0.1, -0.05) is 72.3 Å². The van der Waals surface area contributed by atoms with E-state index in [1.807, 2.05) is 60.7 Å². The number of aryl methyl sites for hydroxylation is 1. The molecule has 0 atom stereocenters. The molecule has 0 saturated carbocycles. The first-order valence-corrected chi connectivity index (χ1v) is 12.6. The lowest BCUT2D eigenvalue weighted by atomic mass is 10.0. The number of H-pyrrole nitrogens is 1. The number of amides is 1. The number of carbonyl (C=O) groups excluding carboxylic acids is 1. The van der Waals surface area contributed by atoms with Crippen LogP contribution in [0.15, 0.2) is 95.9 Å². The van der Waals surface area contributed by atoms with Crippen LogP contribution in [-0.4, -0.2) is 35.4 Å². The third-order valence-corrected chi connectivity index (χ3v) is 6.44. The first kappa shape index (κ1) is 24.3. The van der Waals surface area contributed by atoms with Crippen molar-refractivity contribution in [3.05, 3.63) is 118 Å². The van der Waals surface area contributed by atoms with Crippen LogP contribution in [-0.2, 0) is 11.2 Å². The molecule has 6 aromatic rings. The third-order valence-electron chi connectivity index (χ3n) is 6.20. The fourth-order valence-electron chi connectivity index (χ4n) is 4.37. The zero-order valence-electron chi connectivity index (χ0n) is 20.8. The largest absolute Gasteiger partial charge is 0.310 e. The molecule has 3 aromatic carbocycles. The second kappa shape index (κ2) is 10.0. The summed E-state index contributed by atoms with van der Waals surface area (Å²) in [5.41, 5.74) is 4.31. The van der Waals surface area contributed by atoms with Gasteiger partial charge in [-0.15, -0.1) is 0 Å². The number of anilines is 1. The van der Waals surface area contributed by atoms with Crippen LogP contribution >= 0.6 is 11.6 Å². The SMILES string of the molecule is Cc1cc(NC(=O)Cc2ccc(-c3ccccc3)cc2)n(-c2nc3c(cnn3-c3cccc(Cl)c3)c(=O)[nH]2)n1. The van der Waals surface area contributed by atoms with Crippen molar-refractivity contribution in [1.29, 1.82) is 0 Å². The molecule has 0 unspecified atom stereocenters. The molecule has 2 N–H and O–H groups in total. The van der Waals surface area contributed by atoms with E-state index < -0.39 is 0 Å². The summed E-state index contributed by atoms with van der Waals surface area (Å²) in [5.74, 6) is 0.303. The molecule has 192 valence electrons. The maximum Gasteiger partial charge on any atom is 0.263 e. The highest BCUT2D eigenvalue weighted by atomic mass is 35.5. The maximum atomic E-state index is 13.0. The zero-order chi connectivity index (χ0) is 26.9. The minimum absolute atomic E-state index is 0.145. The van der Waals surface area contributed by atoms with Gasteiger partial charge in [0.25, 0.3) is 5.56 Å². The van der Waals surface area contributed by atoms with Crippen molar-refractivity contribution < 1.29 is 4.79 Å². The fraction of sp³-hybridized carbons (Fsp3) is 0.0690. The molecule has 0 aliphatic carbocycles. The lowest BCUT2D eigenvalue weighted by molar-refractivity contribution is -0.115. The first-order chi connectivity index (χ1) is 18.9. The Hall–Kier alpha value is -5.02. The van der Waals surface area contributed by atoms with Gasteiger partial charge < -0.3 is 5.32 Å². The van der Waals surface area contributed by atoms with Gasteiger partial charge in [-0.3, -0.25) is 14.6 Å². The van der Waals surface area contributed by atoms with Gasteiger partial charge in [0.15, 0.2) is 5.65 Å². The highest BCUT2D eigenvalue weighted by molar-refractivity contribution is 6.30. The van der Waals surface area contributed by atoms with Crippen LogP contribution in [0.2, 0.25) is 5.02 Å². The molecule has 0 spiro atoms. The predicted octanol–water partition coefficient (Wildman–Crippen LogP) is 5.10. The molecule has 0 aliphatic rings. The van der Waals surface area contributed by atoms with Crippen molar-refractivity contribution in [3.8, 4) is 22.8 Å². The van der Waals surface area contributed by atoms with Crippen LogP contribution < -0.4 is 10.9 Å². The van der Waals surface area contributed by atoms with Crippen molar-refractivity contribution in [2.75, 3.05) is 5.32 Å². The number of benzene rings is 3.